The van der Waals surface area contributed by atoms with Crippen LogP contribution in [0.2, 0.25) is 0 Å². The van der Waals surface area contributed by atoms with Crippen molar-refractivity contribution in [2.24, 2.45) is 0 Å². The Kier molecular flexibility index (Phi) is 4.04. The van der Waals surface area contributed by atoms with Crippen LogP contribution in [0.4, 0.5) is 0 Å². The maximum absolute atomic E-state index is 9.66. The standard InChI is InChI=1S/C16H23NO2/c18-13-7-6-12-8-9-17-16(15(12)11-13)5-1-3-14-4-2-10-19-14/h6-7,11,14,16-18H,1-5,8-10H2. The van der Waals surface area contributed by atoms with Crippen LogP contribution in [0.1, 0.15) is 49.3 Å². The first-order valence-corrected chi connectivity index (χ1v) is 7.50. The molecule has 2 N–H and O–H groups in total. The van der Waals surface area contributed by atoms with Crippen molar-refractivity contribution in [3.05, 3.63) is 29.3 Å². The van der Waals surface area contributed by atoms with Gasteiger partial charge in [0.05, 0.1) is 6.10 Å². The van der Waals surface area contributed by atoms with E-state index in [1.165, 1.54) is 36.8 Å². The largest absolute Gasteiger partial charge is 0.508 e. The van der Waals surface area contributed by atoms with Gasteiger partial charge in [0.2, 0.25) is 0 Å². The van der Waals surface area contributed by atoms with Crippen LogP contribution < -0.4 is 5.32 Å². The number of rotatable bonds is 4. The number of aromatic hydroxyl groups is 1. The minimum absolute atomic E-state index is 0.381. The fraction of sp³-hybridized carbons (Fsp3) is 0.625. The molecule has 2 aliphatic rings. The Morgan fingerprint density at radius 2 is 2.26 bits per heavy atom. The Bertz CT molecular complexity index is 427. The summed E-state index contributed by atoms with van der Waals surface area (Å²) in [4.78, 5) is 0. The lowest BCUT2D eigenvalue weighted by Gasteiger charge is -2.27. The second-order valence-electron chi connectivity index (χ2n) is 5.71. The summed E-state index contributed by atoms with van der Waals surface area (Å²) >= 11 is 0. The van der Waals surface area contributed by atoms with E-state index in [9.17, 15) is 5.11 Å². The van der Waals surface area contributed by atoms with Crippen LogP contribution in [0.3, 0.4) is 0 Å². The van der Waals surface area contributed by atoms with Crippen LogP contribution in [0.15, 0.2) is 18.2 Å². The summed E-state index contributed by atoms with van der Waals surface area (Å²) < 4.78 is 5.67. The summed E-state index contributed by atoms with van der Waals surface area (Å²) in [5.41, 5.74) is 2.68. The fourth-order valence-electron chi connectivity index (χ4n) is 3.30. The average Bonchev–Trinajstić information content (AvgIpc) is 2.92. The minimum atomic E-state index is 0.381. The SMILES string of the molecule is Oc1ccc2c(c1)C(CCCC1CCCO1)NCC2. The van der Waals surface area contributed by atoms with E-state index in [0.29, 0.717) is 17.9 Å². The molecule has 19 heavy (non-hydrogen) atoms. The fourth-order valence-corrected chi connectivity index (χ4v) is 3.30. The van der Waals surface area contributed by atoms with E-state index in [1.807, 2.05) is 6.07 Å². The molecule has 0 radical (unpaired) electrons. The molecular formula is C16H23NO2. The molecule has 2 heterocycles. The van der Waals surface area contributed by atoms with Crippen LogP contribution in [0, 0.1) is 0 Å². The van der Waals surface area contributed by atoms with E-state index in [4.69, 9.17) is 4.74 Å². The number of hydrogen-bond acceptors (Lipinski definition) is 3. The second kappa shape index (κ2) is 5.93. The summed E-state index contributed by atoms with van der Waals surface area (Å²) in [6.07, 6.45) is 7.52. The molecule has 0 spiro atoms. The monoisotopic (exact) mass is 261 g/mol. The number of benzene rings is 1. The highest BCUT2D eigenvalue weighted by atomic mass is 16.5. The molecule has 0 amide bonds. The molecule has 3 nitrogen and oxygen atoms in total. The van der Waals surface area contributed by atoms with Gasteiger partial charge in [-0.25, -0.2) is 0 Å². The number of nitrogens with one attached hydrogen (secondary N) is 1. The van der Waals surface area contributed by atoms with Gasteiger partial charge in [0.25, 0.3) is 0 Å². The quantitative estimate of drug-likeness (QED) is 0.875. The zero-order valence-corrected chi connectivity index (χ0v) is 11.4. The van der Waals surface area contributed by atoms with E-state index >= 15 is 0 Å². The molecule has 0 aromatic heterocycles. The Morgan fingerprint density at radius 1 is 1.32 bits per heavy atom. The molecule has 1 fully saturated rings. The molecule has 1 saturated heterocycles. The van der Waals surface area contributed by atoms with Crippen LogP contribution >= 0.6 is 0 Å². The molecule has 104 valence electrons. The Balaban J connectivity index is 1.58. The summed E-state index contributed by atoms with van der Waals surface area (Å²) in [5, 5.41) is 13.2. The predicted octanol–water partition coefficient (Wildman–Crippen LogP) is 2.93. The lowest BCUT2D eigenvalue weighted by atomic mass is 9.90. The molecule has 0 bridgehead atoms. The number of phenols is 1. The van der Waals surface area contributed by atoms with Gasteiger partial charge in [0.15, 0.2) is 0 Å². The van der Waals surface area contributed by atoms with E-state index in [1.54, 1.807) is 6.07 Å². The summed E-state index contributed by atoms with van der Waals surface area (Å²) in [7, 11) is 0. The molecule has 2 unspecified atom stereocenters. The lowest BCUT2D eigenvalue weighted by Crippen LogP contribution is -2.29. The summed E-state index contributed by atoms with van der Waals surface area (Å²) in [6.45, 7) is 1.99. The lowest BCUT2D eigenvalue weighted by molar-refractivity contribution is 0.101. The van der Waals surface area contributed by atoms with Gasteiger partial charge in [-0.2, -0.15) is 0 Å². The Labute approximate surface area is 115 Å². The van der Waals surface area contributed by atoms with Crippen molar-refractivity contribution in [1.29, 1.82) is 0 Å². The van der Waals surface area contributed by atoms with Crippen molar-refractivity contribution < 1.29 is 9.84 Å². The topological polar surface area (TPSA) is 41.5 Å². The van der Waals surface area contributed by atoms with Crippen molar-refractivity contribution >= 4 is 0 Å². The van der Waals surface area contributed by atoms with E-state index in [2.05, 4.69) is 11.4 Å². The molecule has 0 saturated carbocycles. The number of phenolic OH excluding ortho intramolecular Hbond substituents is 1. The van der Waals surface area contributed by atoms with E-state index in [0.717, 1.165) is 26.0 Å². The van der Waals surface area contributed by atoms with Crippen molar-refractivity contribution in [2.45, 2.75) is 50.7 Å². The van der Waals surface area contributed by atoms with Gasteiger partial charge in [-0.3, -0.25) is 0 Å². The van der Waals surface area contributed by atoms with Gasteiger partial charge in [-0.15, -0.1) is 0 Å². The molecule has 1 aromatic carbocycles. The third-order valence-corrected chi connectivity index (χ3v) is 4.33. The zero-order valence-electron chi connectivity index (χ0n) is 11.4. The van der Waals surface area contributed by atoms with Gasteiger partial charge in [-0.05, 0) is 68.3 Å². The molecule has 3 heteroatoms. The third-order valence-electron chi connectivity index (χ3n) is 4.33. The Hall–Kier alpha value is -1.06. The minimum Gasteiger partial charge on any atom is -0.508 e. The smallest absolute Gasteiger partial charge is 0.115 e. The maximum atomic E-state index is 9.66. The first-order valence-electron chi connectivity index (χ1n) is 7.50. The van der Waals surface area contributed by atoms with Crippen molar-refractivity contribution in [3.8, 4) is 5.75 Å². The highest BCUT2D eigenvalue weighted by molar-refractivity contribution is 5.38. The molecule has 1 aromatic rings. The second-order valence-corrected chi connectivity index (χ2v) is 5.71. The van der Waals surface area contributed by atoms with Crippen LogP contribution in [0.25, 0.3) is 0 Å². The Morgan fingerprint density at radius 3 is 3.11 bits per heavy atom. The molecule has 3 rings (SSSR count). The summed E-state index contributed by atoms with van der Waals surface area (Å²) in [6, 6.07) is 6.20. The number of hydrogen-bond donors (Lipinski definition) is 2. The molecule has 0 aliphatic carbocycles. The van der Waals surface area contributed by atoms with Gasteiger partial charge in [0.1, 0.15) is 5.75 Å². The first kappa shape index (κ1) is 12.9. The molecular weight excluding hydrogens is 238 g/mol. The van der Waals surface area contributed by atoms with Gasteiger partial charge in [-0.1, -0.05) is 6.07 Å². The van der Waals surface area contributed by atoms with Gasteiger partial charge in [0, 0.05) is 12.6 Å². The zero-order chi connectivity index (χ0) is 13.1. The normalized spacial score (nSPS) is 26.3. The maximum Gasteiger partial charge on any atom is 0.115 e. The van der Waals surface area contributed by atoms with E-state index < -0.39 is 0 Å². The third kappa shape index (κ3) is 3.10. The highest BCUT2D eigenvalue weighted by Gasteiger charge is 2.21. The van der Waals surface area contributed by atoms with Crippen molar-refractivity contribution in [1.82, 2.24) is 5.32 Å². The van der Waals surface area contributed by atoms with Crippen LogP contribution in [0.5, 0.6) is 5.75 Å². The molecule has 2 atom stereocenters. The molecule has 2 aliphatic heterocycles. The number of fused-ring (bicyclic) bond motifs is 1. The number of ether oxygens (including phenoxy) is 1. The summed E-state index contributed by atoms with van der Waals surface area (Å²) in [5.74, 6) is 0.381. The predicted molar refractivity (Wildman–Crippen MR) is 75.4 cm³/mol. The van der Waals surface area contributed by atoms with Crippen LogP contribution in [-0.4, -0.2) is 24.4 Å². The van der Waals surface area contributed by atoms with E-state index in [-0.39, 0.29) is 0 Å². The van der Waals surface area contributed by atoms with Crippen molar-refractivity contribution in [3.63, 3.8) is 0 Å². The van der Waals surface area contributed by atoms with Gasteiger partial charge < -0.3 is 15.2 Å². The van der Waals surface area contributed by atoms with Crippen molar-refractivity contribution in [2.75, 3.05) is 13.2 Å². The van der Waals surface area contributed by atoms with Gasteiger partial charge >= 0.3 is 0 Å². The first-order chi connectivity index (χ1) is 9.33. The van der Waals surface area contributed by atoms with Crippen LogP contribution in [-0.2, 0) is 11.2 Å². The average molecular weight is 261 g/mol. The highest BCUT2D eigenvalue weighted by Crippen LogP contribution is 2.30.